The Hall–Kier alpha value is -1.23. The molecule has 0 saturated heterocycles. The molecule has 15 heavy (non-hydrogen) atoms. The van der Waals surface area contributed by atoms with Crippen molar-refractivity contribution in [3.8, 4) is 5.75 Å². The second-order valence-corrected chi connectivity index (χ2v) is 2.83. The van der Waals surface area contributed by atoms with E-state index in [0.717, 1.165) is 0 Å². The van der Waals surface area contributed by atoms with Crippen LogP contribution in [0.15, 0.2) is 24.3 Å². The van der Waals surface area contributed by atoms with Gasteiger partial charge in [-0.05, 0) is 17.7 Å². The van der Waals surface area contributed by atoms with E-state index in [2.05, 4.69) is 11.8 Å². The first-order chi connectivity index (χ1) is 6.99. The van der Waals surface area contributed by atoms with Crippen LogP contribution < -0.4 is 4.74 Å². The van der Waals surface area contributed by atoms with Gasteiger partial charge in [-0.1, -0.05) is 12.1 Å². The number of methoxy groups -OCH3 is 1. The van der Waals surface area contributed by atoms with Gasteiger partial charge in [-0.25, -0.2) is 0 Å². The summed E-state index contributed by atoms with van der Waals surface area (Å²) in [5.41, 5.74) is -0.0641. The third-order valence-corrected chi connectivity index (χ3v) is 1.85. The first-order valence-electron chi connectivity index (χ1n) is 4.05. The van der Waals surface area contributed by atoms with Gasteiger partial charge in [0.1, 0.15) is 12.9 Å². The summed E-state index contributed by atoms with van der Waals surface area (Å²) in [5, 5.41) is 0. The Bertz CT molecular complexity index is 305. The van der Waals surface area contributed by atoms with Gasteiger partial charge in [-0.2, -0.15) is 13.2 Å². The lowest BCUT2D eigenvalue weighted by Gasteiger charge is -2.18. The van der Waals surface area contributed by atoms with E-state index in [1.807, 2.05) is 0 Å². The summed E-state index contributed by atoms with van der Waals surface area (Å²) in [6.07, 6.45) is -6.63. The molecule has 2 nitrogen and oxygen atoms in total. The van der Waals surface area contributed by atoms with E-state index in [0.29, 0.717) is 5.75 Å². The summed E-state index contributed by atoms with van der Waals surface area (Å²) in [7, 11) is 6.04. The second-order valence-electron chi connectivity index (χ2n) is 2.83. The highest BCUT2D eigenvalue weighted by Crippen LogP contribution is 2.35. The topological polar surface area (TPSA) is 18.5 Å². The summed E-state index contributed by atoms with van der Waals surface area (Å²) in [5.74, 6) is 0.469. The summed E-state index contributed by atoms with van der Waals surface area (Å²) in [6, 6.07) is 5.33. The molecule has 0 spiro atoms. The number of hydrogen-bond acceptors (Lipinski definition) is 2. The molecule has 1 aromatic carbocycles. The maximum atomic E-state index is 12.4. The van der Waals surface area contributed by atoms with Crippen molar-refractivity contribution in [3.05, 3.63) is 36.9 Å². The minimum Gasteiger partial charge on any atom is -0.497 e. The van der Waals surface area contributed by atoms with Crippen molar-refractivity contribution in [2.75, 3.05) is 7.11 Å². The molecule has 0 aromatic heterocycles. The van der Waals surface area contributed by atoms with E-state index >= 15 is 0 Å². The van der Waals surface area contributed by atoms with Gasteiger partial charge in [-0.3, -0.25) is 0 Å². The van der Waals surface area contributed by atoms with Crippen LogP contribution in [0.1, 0.15) is 11.7 Å². The Kier molecular flexibility index (Phi) is 3.57. The minimum atomic E-state index is -4.52. The quantitative estimate of drug-likeness (QED) is 0.776. The Morgan fingerprint density at radius 2 is 1.73 bits per heavy atom. The minimum absolute atomic E-state index is 0.0641. The zero-order valence-corrected chi connectivity index (χ0v) is 7.91. The molecule has 0 saturated carbocycles. The molecular weight excluding hydrogens is 209 g/mol. The molecule has 0 aliphatic carbocycles. The van der Waals surface area contributed by atoms with Gasteiger partial charge >= 0.3 is 6.18 Å². The Labute approximate surface area is 85.6 Å². The number of benzene rings is 1. The largest absolute Gasteiger partial charge is 0.497 e. The summed E-state index contributed by atoms with van der Waals surface area (Å²) < 4.78 is 45.8. The SMILES string of the molecule is [CH]OC(c1ccc(OC)cc1)C(F)(F)F. The molecule has 5 heteroatoms. The fourth-order valence-corrected chi connectivity index (χ4v) is 1.12. The average molecular weight is 218 g/mol. The Morgan fingerprint density at radius 1 is 1.20 bits per heavy atom. The second kappa shape index (κ2) is 4.53. The van der Waals surface area contributed by atoms with Crippen LogP contribution in [0.4, 0.5) is 13.2 Å². The highest BCUT2D eigenvalue weighted by molar-refractivity contribution is 5.29. The van der Waals surface area contributed by atoms with E-state index in [4.69, 9.17) is 4.74 Å². The van der Waals surface area contributed by atoms with Crippen LogP contribution in [0, 0.1) is 7.11 Å². The Balaban J connectivity index is 2.93. The molecule has 0 N–H and O–H groups in total. The molecule has 1 aromatic rings. The normalized spacial score (nSPS) is 13.7. The van der Waals surface area contributed by atoms with Crippen LogP contribution in [0.25, 0.3) is 0 Å². The Morgan fingerprint density at radius 3 is 2.07 bits per heavy atom. The summed E-state index contributed by atoms with van der Waals surface area (Å²) in [6.45, 7) is 0. The molecule has 1 unspecified atom stereocenters. The van der Waals surface area contributed by atoms with Gasteiger partial charge < -0.3 is 9.47 Å². The van der Waals surface area contributed by atoms with Crippen molar-refractivity contribution in [1.82, 2.24) is 0 Å². The van der Waals surface area contributed by atoms with Crippen LogP contribution in [-0.2, 0) is 4.74 Å². The van der Waals surface area contributed by atoms with Crippen LogP contribution in [-0.4, -0.2) is 13.3 Å². The smallest absolute Gasteiger partial charge is 0.418 e. The third kappa shape index (κ3) is 2.86. The van der Waals surface area contributed by atoms with Crippen LogP contribution in [0.5, 0.6) is 5.75 Å². The predicted molar refractivity (Wildman–Crippen MR) is 47.2 cm³/mol. The fraction of sp³-hybridized carbons (Fsp3) is 0.300. The van der Waals surface area contributed by atoms with Crippen LogP contribution >= 0.6 is 0 Å². The summed E-state index contributed by atoms with van der Waals surface area (Å²) in [4.78, 5) is 0. The van der Waals surface area contributed by atoms with Gasteiger partial charge in [0.2, 0.25) is 0 Å². The third-order valence-electron chi connectivity index (χ3n) is 1.85. The van der Waals surface area contributed by atoms with Crippen molar-refractivity contribution in [2.24, 2.45) is 0 Å². The molecule has 1 rings (SSSR count). The summed E-state index contributed by atoms with van der Waals surface area (Å²) >= 11 is 0. The highest BCUT2D eigenvalue weighted by atomic mass is 19.4. The zero-order chi connectivity index (χ0) is 11.5. The van der Waals surface area contributed by atoms with Crippen molar-refractivity contribution in [3.63, 3.8) is 0 Å². The number of hydrogen-bond donors (Lipinski definition) is 0. The maximum Gasteiger partial charge on any atom is 0.418 e. The van der Waals surface area contributed by atoms with Gasteiger partial charge in [-0.15, -0.1) is 0 Å². The zero-order valence-electron chi connectivity index (χ0n) is 7.91. The first kappa shape index (κ1) is 11.8. The lowest BCUT2D eigenvalue weighted by molar-refractivity contribution is -0.209. The number of alkyl halides is 3. The molecule has 0 aliphatic rings. The van der Waals surface area contributed by atoms with Crippen LogP contribution in [0.2, 0.25) is 0 Å². The van der Waals surface area contributed by atoms with Crippen LogP contribution in [0.3, 0.4) is 0 Å². The van der Waals surface area contributed by atoms with Gasteiger partial charge in [0.05, 0.1) is 7.11 Å². The van der Waals surface area contributed by atoms with Crippen molar-refractivity contribution < 1.29 is 22.6 Å². The average Bonchev–Trinajstić information content (AvgIpc) is 2.18. The number of halogens is 3. The van der Waals surface area contributed by atoms with E-state index in [1.165, 1.54) is 31.4 Å². The molecular formula is C10H9F3O2. The fourth-order valence-electron chi connectivity index (χ4n) is 1.12. The van der Waals surface area contributed by atoms with E-state index in [-0.39, 0.29) is 5.56 Å². The monoisotopic (exact) mass is 218 g/mol. The lowest BCUT2D eigenvalue weighted by atomic mass is 10.1. The predicted octanol–water partition coefficient (Wildman–Crippen LogP) is 2.98. The standard InChI is InChI=1S/C10H9F3O2/c1-14-8-5-3-7(4-6-8)9(15-2)10(11,12)13/h2-6,9H,1H3. The molecule has 0 amide bonds. The van der Waals surface area contributed by atoms with Gasteiger partial charge in [0.25, 0.3) is 0 Å². The molecule has 0 aliphatic heterocycles. The lowest BCUT2D eigenvalue weighted by Crippen LogP contribution is -2.21. The molecule has 0 bridgehead atoms. The molecule has 82 valence electrons. The molecule has 0 heterocycles. The van der Waals surface area contributed by atoms with E-state index in [9.17, 15) is 13.2 Å². The highest BCUT2D eigenvalue weighted by Gasteiger charge is 2.41. The van der Waals surface area contributed by atoms with E-state index < -0.39 is 12.3 Å². The first-order valence-corrected chi connectivity index (χ1v) is 4.05. The van der Waals surface area contributed by atoms with Gasteiger partial charge in [0.15, 0.2) is 6.10 Å². The number of ether oxygens (including phenoxy) is 2. The maximum absolute atomic E-state index is 12.4. The van der Waals surface area contributed by atoms with Crippen molar-refractivity contribution in [2.45, 2.75) is 12.3 Å². The van der Waals surface area contributed by atoms with Gasteiger partial charge in [0, 0.05) is 0 Å². The van der Waals surface area contributed by atoms with Crippen molar-refractivity contribution in [1.29, 1.82) is 0 Å². The molecule has 0 fully saturated rings. The molecule has 1 atom stereocenters. The molecule has 2 radical (unpaired) electrons. The number of rotatable bonds is 3. The van der Waals surface area contributed by atoms with Crippen molar-refractivity contribution >= 4 is 0 Å². The van der Waals surface area contributed by atoms with E-state index in [1.54, 1.807) is 0 Å².